The monoisotopic (exact) mass is 396 g/mol. The minimum Gasteiger partial charge on any atom is -0.322 e. The van der Waals surface area contributed by atoms with E-state index in [2.05, 4.69) is 5.32 Å². The van der Waals surface area contributed by atoms with E-state index < -0.39 is 26.6 Å². The van der Waals surface area contributed by atoms with Crippen LogP contribution in [0.25, 0.3) is 0 Å². The van der Waals surface area contributed by atoms with Crippen LogP contribution in [0.2, 0.25) is 0 Å². The molecule has 0 saturated carbocycles. The van der Waals surface area contributed by atoms with Gasteiger partial charge in [-0.3, -0.25) is 4.79 Å². The Balaban J connectivity index is 2.35. The number of carbonyl (C=O) groups excluding carboxylic acids is 1. The molecule has 0 atom stereocenters. The Bertz CT molecular complexity index is 897. The van der Waals surface area contributed by atoms with Crippen molar-refractivity contribution >= 4 is 33.4 Å². The number of sulfonamides is 1. The summed E-state index contributed by atoms with van der Waals surface area (Å²) in [6, 6.07) is 10.6. The van der Waals surface area contributed by atoms with Crippen molar-refractivity contribution in [1.82, 2.24) is 4.31 Å². The average molecular weight is 397 g/mol. The number of amides is 1. The molecule has 0 bridgehead atoms. The predicted octanol–water partition coefficient (Wildman–Crippen LogP) is 3.83. The molecule has 0 spiro atoms. The maximum Gasteiger partial charge on any atom is 0.255 e. The Morgan fingerprint density at radius 2 is 1.85 bits per heavy atom. The lowest BCUT2D eigenvalue weighted by Gasteiger charge is -2.19. The summed E-state index contributed by atoms with van der Waals surface area (Å²) in [6.07, 6.45) is 1.92. The number of benzene rings is 2. The first kappa shape index (κ1) is 20.4. The van der Waals surface area contributed by atoms with Gasteiger partial charge in [0.2, 0.25) is 10.0 Å². The molecule has 1 amide bonds. The van der Waals surface area contributed by atoms with Crippen LogP contribution in [0.3, 0.4) is 0 Å². The van der Waals surface area contributed by atoms with Crippen LogP contribution in [0, 0.1) is 5.82 Å². The Kier molecular flexibility index (Phi) is 6.80. The number of carbonyl (C=O) groups is 1. The quantitative estimate of drug-likeness (QED) is 0.723. The van der Waals surface area contributed by atoms with Gasteiger partial charge in [-0.15, -0.1) is 11.8 Å². The van der Waals surface area contributed by atoms with Crippen LogP contribution in [-0.2, 0) is 10.0 Å². The summed E-state index contributed by atoms with van der Waals surface area (Å²) >= 11 is 1.54. The second-order valence-corrected chi connectivity index (χ2v) is 8.21. The lowest BCUT2D eigenvalue weighted by molar-refractivity contribution is 0.102. The smallest absolute Gasteiger partial charge is 0.255 e. The fourth-order valence-corrected chi connectivity index (χ4v) is 4.46. The Morgan fingerprint density at radius 1 is 1.15 bits per heavy atom. The molecular weight excluding hydrogens is 375 g/mol. The van der Waals surface area contributed by atoms with E-state index in [1.807, 2.05) is 18.4 Å². The third-order valence-electron chi connectivity index (χ3n) is 3.84. The van der Waals surface area contributed by atoms with E-state index in [1.165, 1.54) is 17.8 Å². The number of hydrogen-bond donors (Lipinski definition) is 1. The Morgan fingerprint density at radius 3 is 2.46 bits per heavy atom. The molecule has 0 aliphatic heterocycles. The summed E-state index contributed by atoms with van der Waals surface area (Å²) in [6.45, 7) is 3.79. The van der Waals surface area contributed by atoms with Crippen molar-refractivity contribution in [2.75, 3.05) is 24.7 Å². The number of thioether (sulfide) groups is 1. The molecule has 26 heavy (non-hydrogen) atoms. The van der Waals surface area contributed by atoms with Gasteiger partial charge in [0.15, 0.2) is 0 Å². The van der Waals surface area contributed by atoms with Crippen molar-refractivity contribution in [1.29, 1.82) is 0 Å². The van der Waals surface area contributed by atoms with Gasteiger partial charge in [0, 0.05) is 29.2 Å². The van der Waals surface area contributed by atoms with Crippen LogP contribution < -0.4 is 5.32 Å². The van der Waals surface area contributed by atoms with E-state index >= 15 is 0 Å². The van der Waals surface area contributed by atoms with E-state index in [0.717, 1.165) is 21.3 Å². The van der Waals surface area contributed by atoms with Gasteiger partial charge in [-0.05, 0) is 42.7 Å². The topological polar surface area (TPSA) is 66.5 Å². The highest BCUT2D eigenvalue weighted by Crippen LogP contribution is 2.23. The fraction of sp³-hybridized carbons (Fsp3) is 0.278. The standard InChI is InChI=1S/C18H21FN2O3S2/c1-4-21(5-2)26(23,24)17-11-13(9-10-16(17)19)18(22)20-14-7-6-8-15(12-14)25-3/h6-12H,4-5H2,1-3H3,(H,20,22). The van der Waals surface area contributed by atoms with Crippen LogP contribution >= 0.6 is 11.8 Å². The molecule has 140 valence electrons. The molecule has 0 aliphatic rings. The van der Waals surface area contributed by atoms with Crippen molar-refractivity contribution in [3.05, 3.63) is 53.8 Å². The molecule has 8 heteroatoms. The molecule has 0 fully saturated rings. The summed E-state index contributed by atoms with van der Waals surface area (Å²) < 4.78 is 40.5. The lowest BCUT2D eigenvalue weighted by atomic mass is 10.2. The van der Waals surface area contributed by atoms with Gasteiger partial charge in [-0.1, -0.05) is 19.9 Å². The average Bonchev–Trinajstić information content (AvgIpc) is 2.62. The molecule has 5 nitrogen and oxygen atoms in total. The second kappa shape index (κ2) is 8.66. The van der Waals surface area contributed by atoms with Crippen LogP contribution in [0.15, 0.2) is 52.3 Å². The minimum absolute atomic E-state index is 0.0756. The predicted molar refractivity (Wildman–Crippen MR) is 103 cm³/mol. The number of halogens is 1. The normalized spacial score (nSPS) is 11.6. The van der Waals surface area contributed by atoms with Gasteiger partial charge < -0.3 is 5.32 Å². The Hall–Kier alpha value is -1.90. The molecule has 1 N–H and O–H groups in total. The zero-order valence-corrected chi connectivity index (χ0v) is 16.5. The molecule has 0 heterocycles. The van der Waals surface area contributed by atoms with Crippen LogP contribution in [0.4, 0.5) is 10.1 Å². The SMILES string of the molecule is CCN(CC)S(=O)(=O)c1cc(C(=O)Nc2cccc(SC)c2)ccc1F. The van der Waals surface area contributed by atoms with Crippen LogP contribution in [0.5, 0.6) is 0 Å². The summed E-state index contributed by atoms with van der Waals surface area (Å²) in [5.41, 5.74) is 0.658. The van der Waals surface area contributed by atoms with Crippen molar-refractivity contribution in [3.8, 4) is 0 Å². The van der Waals surface area contributed by atoms with Gasteiger partial charge in [0.25, 0.3) is 5.91 Å². The zero-order chi connectivity index (χ0) is 19.3. The highest BCUT2D eigenvalue weighted by molar-refractivity contribution is 7.98. The number of anilines is 1. The summed E-state index contributed by atoms with van der Waals surface area (Å²) in [5, 5.41) is 2.71. The summed E-state index contributed by atoms with van der Waals surface area (Å²) in [4.78, 5) is 12.9. The number of nitrogens with zero attached hydrogens (tertiary/aromatic N) is 1. The second-order valence-electron chi connectivity index (χ2n) is 5.42. The first-order chi connectivity index (χ1) is 12.3. The van der Waals surface area contributed by atoms with Gasteiger partial charge in [0.05, 0.1) is 0 Å². The first-order valence-electron chi connectivity index (χ1n) is 8.08. The lowest BCUT2D eigenvalue weighted by Crippen LogP contribution is -2.31. The largest absolute Gasteiger partial charge is 0.322 e. The Labute approximate surface area is 157 Å². The third-order valence-corrected chi connectivity index (χ3v) is 6.63. The molecule has 0 saturated heterocycles. The van der Waals surface area contributed by atoms with Crippen molar-refractivity contribution in [2.24, 2.45) is 0 Å². The third kappa shape index (κ3) is 4.44. The van der Waals surface area contributed by atoms with E-state index in [-0.39, 0.29) is 18.7 Å². The van der Waals surface area contributed by atoms with Crippen LogP contribution in [0.1, 0.15) is 24.2 Å². The maximum atomic E-state index is 14.1. The zero-order valence-electron chi connectivity index (χ0n) is 14.8. The maximum absolute atomic E-state index is 14.1. The highest BCUT2D eigenvalue weighted by Gasteiger charge is 2.26. The van der Waals surface area contributed by atoms with Gasteiger partial charge in [0.1, 0.15) is 10.7 Å². The fourth-order valence-electron chi connectivity index (χ4n) is 2.45. The molecule has 2 aromatic rings. The van der Waals surface area contributed by atoms with E-state index in [0.29, 0.717) is 5.69 Å². The molecule has 0 aromatic heterocycles. The molecule has 2 aromatic carbocycles. The first-order valence-corrected chi connectivity index (χ1v) is 10.7. The van der Waals surface area contributed by atoms with Gasteiger partial charge in [-0.25, -0.2) is 12.8 Å². The molecule has 0 unspecified atom stereocenters. The molecular formula is C18H21FN2O3S2. The number of nitrogens with one attached hydrogen (secondary N) is 1. The minimum atomic E-state index is -4.00. The van der Waals surface area contributed by atoms with E-state index in [9.17, 15) is 17.6 Å². The van der Waals surface area contributed by atoms with E-state index in [4.69, 9.17) is 0 Å². The van der Waals surface area contributed by atoms with Crippen molar-refractivity contribution in [3.63, 3.8) is 0 Å². The van der Waals surface area contributed by atoms with Crippen LogP contribution in [-0.4, -0.2) is 38.0 Å². The number of hydrogen-bond acceptors (Lipinski definition) is 4. The van der Waals surface area contributed by atoms with Gasteiger partial charge in [-0.2, -0.15) is 4.31 Å². The molecule has 0 radical (unpaired) electrons. The summed E-state index contributed by atoms with van der Waals surface area (Å²) in [5.74, 6) is -1.38. The molecule has 2 rings (SSSR count). The van der Waals surface area contributed by atoms with Crippen molar-refractivity contribution in [2.45, 2.75) is 23.6 Å². The summed E-state index contributed by atoms with van der Waals surface area (Å²) in [7, 11) is -4.00. The van der Waals surface area contributed by atoms with Gasteiger partial charge >= 0.3 is 0 Å². The molecule has 0 aliphatic carbocycles. The highest BCUT2D eigenvalue weighted by atomic mass is 32.2. The number of rotatable bonds is 7. The van der Waals surface area contributed by atoms with E-state index in [1.54, 1.807) is 26.0 Å². The van der Waals surface area contributed by atoms with Crippen molar-refractivity contribution < 1.29 is 17.6 Å².